The van der Waals surface area contributed by atoms with Crippen molar-refractivity contribution in [2.45, 2.75) is 18.9 Å². The molecule has 0 aliphatic rings. The molecule has 7 heteroatoms. The number of benzene rings is 2. The molecule has 0 bridgehead atoms. The maximum atomic E-state index is 12.2. The van der Waals surface area contributed by atoms with Crippen LogP contribution in [0.2, 0.25) is 0 Å². The van der Waals surface area contributed by atoms with Crippen molar-refractivity contribution in [3.05, 3.63) is 77.4 Å². The zero-order valence-electron chi connectivity index (χ0n) is 15.0. The van der Waals surface area contributed by atoms with Gasteiger partial charge in [-0.2, -0.15) is 0 Å². The summed E-state index contributed by atoms with van der Waals surface area (Å²) in [6.07, 6.45) is 2.84. The van der Waals surface area contributed by atoms with Gasteiger partial charge >= 0.3 is 5.97 Å². The fourth-order valence-corrected chi connectivity index (χ4v) is 2.40. The van der Waals surface area contributed by atoms with Gasteiger partial charge in [-0.05, 0) is 30.2 Å². The van der Waals surface area contributed by atoms with E-state index < -0.39 is 23.8 Å². The van der Waals surface area contributed by atoms with Gasteiger partial charge in [0, 0.05) is 17.5 Å². The molecule has 144 valence electrons. The summed E-state index contributed by atoms with van der Waals surface area (Å²) in [4.78, 5) is 46.2. The van der Waals surface area contributed by atoms with Crippen molar-refractivity contribution in [2.75, 3.05) is 0 Å². The summed E-state index contributed by atoms with van der Waals surface area (Å²) >= 11 is 0. The van der Waals surface area contributed by atoms with E-state index in [1.54, 1.807) is 42.5 Å². The monoisotopic (exact) mass is 380 g/mol. The quantitative estimate of drug-likeness (QED) is 0.453. The minimum atomic E-state index is -1.24. The highest BCUT2D eigenvalue weighted by Gasteiger charge is 2.21. The van der Waals surface area contributed by atoms with Crippen LogP contribution in [-0.4, -0.2) is 34.7 Å². The number of allylic oxidation sites excluding steroid dienone is 1. The number of carbonyl (C=O) groups is 4. The Morgan fingerprint density at radius 3 is 2.18 bits per heavy atom. The van der Waals surface area contributed by atoms with Crippen LogP contribution in [0.1, 0.15) is 39.1 Å². The van der Waals surface area contributed by atoms with Gasteiger partial charge in [0.2, 0.25) is 5.91 Å². The molecule has 0 saturated carbocycles. The zero-order valence-corrected chi connectivity index (χ0v) is 15.0. The number of aliphatic carboxylic acids is 1. The normalized spacial score (nSPS) is 11.7. The molecular weight excluding hydrogens is 360 g/mol. The molecule has 0 unspecified atom stereocenters. The first-order valence-corrected chi connectivity index (χ1v) is 8.56. The summed E-state index contributed by atoms with van der Waals surface area (Å²) in [5.74, 6) is -2.59. The summed E-state index contributed by atoms with van der Waals surface area (Å²) in [5, 5.41) is 11.5. The second-order valence-electron chi connectivity index (χ2n) is 6.05. The minimum Gasteiger partial charge on any atom is -0.480 e. The van der Waals surface area contributed by atoms with Crippen molar-refractivity contribution >= 4 is 29.6 Å². The van der Waals surface area contributed by atoms with E-state index in [1.807, 2.05) is 6.07 Å². The number of nitrogens with two attached hydrogens (primary N) is 1. The first kappa shape index (κ1) is 20.6. The van der Waals surface area contributed by atoms with Gasteiger partial charge < -0.3 is 16.2 Å². The molecule has 0 heterocycles. The molecule has 0 fully saturated rings. The highest BCUT2D eigenvalue weighted by Crippen LogP contribution is 2.09. The molecule has 1 atom stereocenters. The third kappa shape index (κ3) is 6.21. The van der Waals surface area contributed by atoms with Crippen LogP contribution < -0.4 is 11.1 Å². The first-order valence-electron chi connectivity index (χ1n) is 8.56. The average molecular weight is 380 g/mol. The molecule has 2 aromatic rings. The molecule has 7 nitrogen and oxygen atoms in total. The highest BCUT2D eigenvalue weighted by atomic mass is 16.4. The molecule has 2 amide bonds. The standard InChI is InChI=1S/C21H20N2O5/c22-19(25)13-11-17(21(27)28)23-20(26)16-9-6-14(7-10-16)8-12-18(24)15-4-2-1-3-5-15/h1-10,12,17H,11,13H2,(H2,22,25)(H,23,26)(H,27,28)/b12-8+/t17-/m0/s1. The number of amides is 2. The van der Waals surface area contributed by atoms with Gasteiger partial charge in [0.1, 0.15) is 6.04 Å². The molecule has 0 saturated heterocycles. The number of nitrogens with one attached hydrogen (secondary N) is 1. The van der Waals surface area contributed by atoms with Gasteiger partial charge in [-0.15, -0.1) is 0 Å². The molecule has 0 aliphatic carbocycles. The lowest BCUT2D eigenvalue weighted by Gasteiger charge is -2.13. The Balaban J connectivity index is 1.99. The number of hydrogen-bond donors (Lipinski definition) is 3. The summed E-state index contributed by atoms with van der Waals surface area (Å²) in [7, 11) is 0. The van der Waals surface area contributed by atoms with Gasteiger partial charge in [-0.1, -0.05) is 48.5 Å². The fourth-order valence-electron chi connectivity index (χ4n) is 2.40. The molecule has 0 spiro atoms. The lowest BCUT2D eigenvalue weighted by molar-refractivity contribution is -0.139. The number of carbonyl (C=O) groups excluding carboxylic acids is 3. The van der Waals surface area contributed by atoms with Gasteiger partial charge in [-0.25, -0.2) is 4.79 Å². The Kier molecular flexibility index (Phi) is 7.21. The Hall–Kier alpha value is -3.74. The number of rotatable bonds is 9. The molecule has 4 N–H and O–H groups in total. The van der Waals surface area contributed by atoms with E-state index in [9.17, 15) is 19.2 Å². The third-order valence-corrected chi connectivity index (χ3v) is 3.94. The van der Waals surface area contributed by atoms with Crippen LogP contribution in [-0.2, 0) is 9.59 Å². The van der Waals surface area contributed by atoms with Gasteiger partial charge in [0.15, 0.2) is 5.78 Å². The second-order valence-corrected chi connectivity index (χ2v) is 6.05. The topological polar surface area (TPSA) is 127 Å². The van der Waals surface area contributed by atoms with E-state index in [0.29, 0.717) is 11.1 Å². The van der Waals surface area contributed by atoms with Crippen LogP contribution in [0.25, 0.3) is 6.08 Å². The van der Waals surface area contributed by atoms with Crippen LogP contribution in [0, 0.1) is 0 Å². The average Bonchev–Trinajstić information content (AvgIpc) is 2.69. The predicted octanol–water partition coefficient (Wildman–Crippen LogP) is 2.03. The second kappa shape index (κ2) is 9.82. The maximum absolute atomic E-state index is 12.2. The summed E-state index contributed by atoms with van der Waals surface area (Å²) in [6.45, 7) is 0. The number of carboxylic acids is 1. The van der Waals surface area contributed by atoms with Crippen LogP contribution in [0.4, 0.5) is 0 Å². The lowest BCUT2D eigenvalue weighted by atomic mass is 10.1. The highest BCUT2D eigenvalue weighted by molar-refractivity contribution is 6.06. The van der Waals surface area contributed by atoms with Crippen molar-refractivity contribution in [1.82, 2.24) is 5.32 Å². The smallest absolute Gasteiger partial charge is 0.326 e. The van der Waals surface area contributed by atoms with Crippen LogP contribution in [0.15, 0.2) is 60.7 Å². The van der Waals surface area contributed by atoms with Crippen LogP contribution in [0.3, 0.4) is 0 Å². The van der Waals surface area contributed by atoms with Crippen LogP contribution >= 0.6 is 0 Å². The summed E-state index contributed by atoms with van der Waals surface area (Å²) < 4.78 is 0. The van der Waals surface area contributed by atoms with Gasteiger partial charge in [0.25, 0.3) is 5.91 Å². The van der Waals surface area contributed by atoms with E-state index in [-0.39, 0.29) is 24.2 Å². The van der Waals surface area contributed by atoms with Gasteiger partial charge in [0.05, 0.1) is 0 Å². The van der Waals surface area contributed by atoms with Crippen molar-refractivity contribution in [1.29, 1.82) is 0 Å². The van der Waals surface area contributed by atoms with E-state index in [2.05, 4.69) is 5.32 Å². The molecule has 0 radical (unpaired) electrons. The molecule has 2 rings (SSSR count). The molecular formula is C21H20N2O5. The number of carboxylic acid groups (broad SMARTS) is 1. The van der Waals surface area contributed by atoms with Crippen LogP contribution in [0.5, 0.6) is 0 Å². The Labute approximate surface area is 161 Å². The van der Waals surface area contributed by atoms with Crippen molar-refractivity contribution in [3.8, 4) is 0 Å². The zero-order chi connectivity index (χ0) is 20.5. The molecule has 2 aromatic carbocycles. The third-order valence-electron chi connectivity index (χ3n) is 3.94. The van der Waals surface area contributed by atoms with Crippen molar-refractivity contribution < 1.29 is 24.3 Å². The van der Waals surface area contributed by atoms with E-state index in [4.69, 9.17) is 10.8 Å². The maximum Gasteiger partial charge on any atom is 0.326 e. The molecule has 28 heavy (non-hydrogen) atoms. The lowest BCUT2D eigenvalue weighted by Crippen LogP contribution is -2.41. The Morgan fingerprint density at radius 1 is 0.964 bits per heavy atom. The number of hydrogen-bond acceptors (Lipinski definition) is 4. The summed E-state index contributed by atoms with van der Waals surface area (Å²) in [5.41, 5.74) is 6.56. The number of primary amides is 1. The Morgan fingerprint density at radius 2 is 1.61 bits per heavy atom. The number of ketones is 1. The largest absolute Gasteiger partial charge is 0.480 e. The van der Waals surface area contributed by atoms with E-state index in [1.165, 1.54) is 18.2 Å². The first-order chi connectivity index (χ1) is 13.4. The molecule has 0 aromatic heterocycles. The van der Waals surface area contributed by atoms with E-state index in [0.717, 1.165) is 0 Å². The molecule has 0 aliphatic heterocycles. The van der Waals surface area contributed by atoms with Crippen molar-refractivity contribution in [3.63, 3.8) is 0 Å². The van der Waals surface area contributed by atoms with E-state index >= 15 is 0 Å². The fraction of sp³-hybridized carbons (Fsp3) is 0.143. The Bertz CT molecular complexity index is 889. The summed E-state index contributed by atoms with van der Waals surface area (Å²) in [6, 6.07) is 13.9. The SMILES string of the molecule is NC(=O)CC[C@H](NC(=O)c1ccc(/C=C/C(=O)c2ccccc2)cc1)C(=O)O. The predicted molar refractivity (Wildman–Crippen MR) is 104 cm³/mol. The van der Waals surface area contributed by atoms with Crippen molar-refractivity contribution in [2.24, 2.45) is 5.73 Å². The minimum absolute atomic E-state index is 0.0845. The van der Waals surface area contributed by atoms with Gasteiger partial charge in [-0.3, -0.25) is 14.4 Å².